The van der Waals surface area contributed by atoms with Gasteiger partial charge in [-0.15, -0.1) is 0 Å². The molecule has 0 aliphatic carbocycles. The van der Waals surface area contributed by atoms with E-state index in [1.165, 1.54) is 0 Å². The predicted octanol–water partition coefficient (Wildman–Crippen LogP) is 1.68. The molecule has 2 aliphatic heterocycles. The van der Waals surface area contributed by atoms with Crippen LogP contribution >= 0.6 is 0 Å². The van der Waals surface area contributed by atoms with E-state index in [1.807, 2.05) is 39.8 Å². The Labute approximate surface area is 173 Å². The van der Waals surface area contributed by atoms with E-state index in [-0.39, 0.29) is 5.92 Å². The Balaban J connectivity index is 1.66. The number of benzene rings is 1. The lowest BCUT2D eigenvalue weighted by molar-refractivity contribution is -0.118. The van der Waals surface area contributed by atoms with Crippen LogP contribution in [0.2, 0.25) is 0 Å². The summed E-state index contributed by atoms with van der Waals surface area (Å²) in [6.45, 7) is 3.33. The monoisotopic (exact) mass is 406 g/mol. The quantitative estimate of drug-likeness (QED) is 0.724. The van der Waals surface area contributed by atoms with Crippen molar-refractivity contribution in [2.45, 2.75) is 32.4 Å². The van der Waals surface area contributed by atoms with Gasteiger partial charge < -0.3 is 25.3 Å². The molecule has 2 atom stereocenters. The molecule has 0 bridgehead atoms. The van der Waals surface area contributed by atoms with Gasteiger partial charge in [0.25, 0.3) is 0 Å². The fourth-order valence-electron chi connectivity index (χ4n) is 3.82. The summed E-state index contributed by atoms with van der Waals surface area (Å²) >= 11 is 0. The average molecular weight is 406 g/mol. The van der Waals surface area contributed by atoms with Crippen molar-refractivity contribution < 1.29 is 14.3 Å². The molecule has 0 spiro atoms. The molecule has 3 N–H and O–H groups in total. The zero-order chi connectivity index (χ0) is 21.3. The molecule has 1 fully saturated rings. The minimum absolute atomic E-state index is 0.101. The molecule has 1 saturated heterocycles. The number of nitrogens with zero attached hydrogens (tertiary/aromatic N) is 4. The molecule has 0 radical (unpaired) electrons. The Bertz CT molecular complexity index is 1080. The molecule has 30 heavy (non-hydrogen) atoms. The van der Waals surface area contributed by atoms with Crippen LogP contribution < -0.4 is 20.7 Å². The topological polar surface area (TPSA) is 126 Å². The second-order valence-electron chi connectivity index (χ2n) is 7.54. The van der Waals surface area contributed by atoms with Crippen molar-refractivity contribution in [3.8, 4) is 23.2 Å². The van der Waals surface area contributed by atoms with Crippen LogP contribution in [0.25, 0.3) is 11.4 Å². The van der Waals surface area contributed by atoms with Crippen molar-refractivity contribution >= 4 is 23.4 Å². The number of carbonyl (C=O) groups is 1. The number of rotatable bonds is 5. The Kier molecular flexibility index (Phi) is 5.17. The van der Waals surface area contributed by atoms with Gasteiger partial charge in [-0.1, -0.05) is 0 Å². The van der Waals surface area contributed by atoms with E-state index in [9.17, 15) is 9.59 Å². The largest absolute Gasteiger partial charge is 0.491 e. The van der Waals surface area contributed by atoms with Crippen molar-refractivity contribution in [3.05, 3.63) is 30.1 Å². The fourth-order valence-corrected chi connectivity index (χ4v) is 3.82. The first-order chi connectivity index (χ1) is 14.5. The number of imidazole rings is 1. The van der Waals surface area contributed by atoms with E-state index in [0.29, 0.717) is 49.8 Å². The normalized spacial score (nSPS) is 18.3. The number of amides is 1. The first-order valence-corrected chi connectivity index (χ1v) is 9.79. The fraction of sp³-hybridized carbons (Fsp3) is 0.381. The number of anilines is 2. The highest BCUT2D eigenvalue weighted by atomic mass is 16.5. The maximum Gasteiger partial charge on any atom is 0.239 e. The summed E-state index contributed by atoms with van der Waals surface area (Å²) in [5, 5.41) is 12.0. The molecular weight excluding hydrogens is 384 g/mol. The molecule has 9 nitrogen and oxygen atoms in total. The lowest BCUT2D eigenvalue weighted by Crippen LogP contribution is -2.32. The molecule has 9 heteroatoms. The maximum atomic E-state index is 11.4. The number of aromatic nitrogens is 2. The van der Waals surface area contributed by atoms with Gasteiger partial charge in [0.2, 0.25) is 5.91 Å². The minimum atomic E-state index is -0.507. The molecule has 3 heterocycles. The van der Waals surface area contributed by atoms with Crippen molar-refractivity contribution in [2.75, 3.05) is 23.4 Å². The van der Waals surface area contributed by atoms with Crippen LogP contribution in [-0.4, -0.2) is 40.6 Å². The Morgan fingerprint density at radius 3 is 3.07 bits per heavy atom. The van der Waals surface area contributed by atoms with Crippen LogP contribution in [0, 0.1) is 17.2 Å². The molecule has 2 aromatic rings. The summed E-state index contributed by atoms with van der Waals surface area (Å²) in [5.74, 6) is 3.73. The van der Waals surface area contributed by atoms with E-state index in [0.717, 1.165) is 17.1 Å². The van der Waals surface area contributed by atoms with Gasteiger partial charge in [0, 0.05) is 37.3 Å². The maximum absolute atomic E-state index is 11.4. The first kappa shape index (κ1) is 19.6. The highest BCUT2D eigenvalue weighted by Crippen LogP contribution is 2.38. The third kappa shape index (κ3) is 3.61. The minimum Gasteiger partial charge on any atom is -0.491 e. The molecule has 154 valence electrons. The molecule has 1 aromatic heterocycles. The van der Waals surface area contributed by atoms with Gasteiger partial charge >= 0.3 is 0 Å². The number of hydrogen-bond acceptors (Lipinski definition) is 7. The molecule has 0 saturated carbocycles. The second kappa shape index (κ2) is 7.93. The van der Waals surface area contributed by atoms with Gasteiger partial charge in [0.15, 0.2) is 5.82 Å². The standard InChI is InChI=1S/C21H22N6O3/c1-13(20(23)29)24-15-2-3-17-18(9-15)30-7-6-26-11-19(25-21(17)26)27-10-14(4-5-22)8-16(27)12-28/h2-3,9,11,13-14,24H,4,6-8,10H2,1H3,(H2,23,29)/t13-,14?/m0/s1. The number of hydrogen-bond donors (Lipinski definition) is 2. The summed E-state index contributed by atoms with van der Waals surface area (Å²) in [6, 6.07) is 7.23. The van der Waals surface area contributed by atoms with Crippen molar-refractivity contribution in [1.29, 1.82) is 5.26 Å². The lowest BCUT2D eigenvalue weighted by atomic mass is 10.1. The van der Waals surface area contributed by atoms with Crippen LogP contribution in [0.4, 0.5) is 11.5 Å². The van der Waals surface area contributed by atoms with E-state index >= 15 is 0 Å². The van der Waals surface area contributed by atoms with E-state index < -0.39 is 11.9 Å². The number of nitrogens with two attached hydrogens (primary N) is 1. The zero-order valence-electron chi connectivity index (χ0n) is 16.6. The molecular formula is C21H22N6O3. The molecule has 4 rings (SSSR count). The Hall–Kier alpha value is -3.76. The number of allylic oxidation sites excluding steroid dienone is 1. The number of nitriles is 1. The van der Waals surface area contributed by atoms with Crippen molar-refractivity contribution in [1.82, 2.24) is 9.55 Å². The third-order valence-corrected chi connectivity index (χ3v) is 5.41. The van der Waals surface area contributed by atoms with Crippen LogP contribution in [0.1, 0.15) is 19.8 Å². The molecule has 2 aliphatic rings. The van der Waals surface area contributed by atoms with E-state index in [1.54, 1.807) is 6.92 Å². The third-order valence-electron chi connectivity index (χ3n) is 5.41. The SMILES string of the molecule is C[C@H](Nc1ccc2c(c1)OCCn1cc(N3CC(CC#N)CC3=C=O)nc1-2)C(N)=O. The molecule has 1 aromatic carbocycles. The summed E-state index contributed by atoms with van der Waals surface area (Å²) in [6.07, 6.45) is 2.83. The number of nitrogens with one attached hydrogen (secondary N) is 1. The van der Waals surface area contributed by atoms with Gasteiger partial charge in [-0.05, 0) is 25.0 Å². The number of primary amides is 1. The van der Waals surface area contributed by atoms with Gasteiger partial charge in [-0.25, -0.2) is 9.78 Å². The first-order valence-electron chi connectivity index (χ1n) is 9.79. The molecule has 1 amide bonds. The van der Waals surface area contributed by atoms with Crippen LogP contribution in [0.3, 0.4) is 0 Å². The summed E-state index contributed by atoms with van der Waals surface area (Å²) in [5.41, 5.74) is 7.40. The van der Waals surface area contributed by atoms with Gasteiger partial charge in [0.1, 0.15) is 35.9 Å². The highest BCUT2D eigenvalue weighted by molar-refractivity contribution is 5.83. The number of fused-ring (bicyclic) bond motifs is 3. The molecule has 1 unspecified atom stereocenters. The number of ether oxygens (including phenoxy) is 1. The van der Waals surface area contributed by atoms with Crippen LogP contribution in [-0.2, 0) is 16.1 Å². The summed E-state index contributed by atoms with van der Waals surface area (Å²) in [4.78, 5) is 29.4. The zero-order valence-corrected chi connectivity index (χ0v) is 16.6. The van der Waals surface area contributed by atoms with Gasteiger partial charge in [-0.2, -0.15) is 5.26 Å². The van der Waals surface area contributed by atoms with Gasteiger partial charge in [-0.3, -0.25) is 4.79 Å². The van der Waals surface area contributed by atoms with Gasteiger partial charge in [0.05, 0.1) is 18.2 Å². The second-order valence-corrected chi connectivity index (χ2v) is 7.54. The summed E-state index contributed by atoms with van der Waals surface area (Å²) in [7, 11) is 0. The average Bonchev–Trinajstić information content (AvgIpc) is 3.28. The van der Waals surface area contributed by atoms with Crippen LogP contribution in [0.15, 0.2) is 30.1 Å². The highest BCUT2D eigenvalue weighted by Gasteiger charge is 2.31. The van der Waals surface area contributed by atoms with Crippen molar-refractivity contribution in [3.63, 3.8) is 0 Å². The van der Waals surface area contributed by atoms with Crippen LogP contribution in [0.5, 0.6) is 5.75 Å². The smallest absolute Gasteiger partial charge is 0.239 e. The predicted molar refractivity (Wildman–Crippen MR) is 110 cm³/mol. The van der Waals surface area contributed by atoms with Crippen molar-refractivity contribution in [2.24, 2.45) is 11.7 Å². The van der Waals surface area contributed by atoms with E-state index in [2.05, 4.69) is 11.4 Å². The number of carbonyl (C=O) groups excluding carboxylic acids is 2. The Morgan fingerprint density at radius 1 is 1.50 bits per heavy atom. The lowest BCUT2D eigenvalue weighted by Gasteiger charge is -2.15. The van der Waals surface area contributed by atoms with E-state index in [4.69, 9.17) is 20.7 Å². The Morgan fingerprint density at radius 2 is 2.33 bits per heavy atom. The summed E-state index contributed by atoms with van der Waals surface area (Å²) < 4.78 is 7.89.